The van der Waals surface area contributed by atoms with Crippen LogP contribution in [0, 0.1) is 0 Å². The van der Waals surface area contributed by atoms with Gasteiger partial charge in [-0.1, -0.05) is 27.2 Å². The minimum absolute atomic E-state index is 0.243. The number of benzene rings is 1. The molecular formula is C21H33NO5. The molecule has 1 atom stereocenters. The van der Waals surface area contributed by atoms with Crippen LogP contribution in [0.25, 0.3) is 0 Å². The third-order valence-electron chi connectivity index (χ3n) is 4.27. The van der Waals surface area contributed by atoms with Gasteiger partial charge in [0.25, 0.3) is 5.91 Å². The number of unbranched alkanes of at least 4 members (excludes halogenated alkanes) is 1. The molecule has 0 saturated carbocycles. The number of esters is 1. The first-order valence-corrected chi connectivity index (χ1v) is 9.81. The first kappa shape index (κ1) is 23.0. The van der Waals surface area contributed by atoms with E-state index in [0.29, 0.717) is 36.6 Å². The Morgan fingerprint density at radius 2 is 1.81 bits per heavy atom. The maximum Gasteiger partial charge on any atom is 0.341 e. The molecule has 1 amide bonds. The lowest BCUT2D eigenvalue weighted by molar-refractivity contribution is -0.139. The van der Waals surface area contributed by atoms with E-state index >= 15 is 0 Å². The second kappa shape index (κ2) is 11.6. The Hall–Kier alpha value is -2.08. The second-order valence-electron chi connectivity index (χ2n) is 6.52. The summed E-state index contributed by atoms with van der Waals surface area (Å²) in [6, 6.07) is 5.00. The largest absolute Gasteiger partial charge is 0.493 e. The zero-order chi connectivity index (χ0) is 20.3. The zero-order valence-corrected chi connectivity index (χ0v) is 17.2. The lowest BCUT2D eigenvalue weighted by Gasteiger charge is -2.27. The van der Waals surface area contributed by atoms with Crippen molar-refractivity contribution in [3.63, 3.8) is 0 Å². The van der Waals surface area contributed by atoms with E-state index < -0.39 is 11.6 Å². The summed E-state index contributed by atoms with van der Waals surface area (Å²) in [6.07, 6.45) is 3.27. The Labute approximate surface area is 162 Å². The summed E-state index contributed by atoms with van der Waals surface area (Å²) in [4.78, 5) is 25.0. The van der Waals surface area contributed by atoms with Crippen molar-refractivity contribution >= 4 is 17.6 Å². The van der Waals surface area contributed by atoms with E-state index in [9.17, 15) is 9.59 Å². The molecule has 0 fully saturated rings. The van der Waals surface area contributed by atoms with Crippen molar-refractivity contribution in [3.8, 4) is 5.75 Å². The van der Waals surface area contributed by atoms with E-state index in [-0.39, 0.29) is 12.5 Å². The minimum Gasteiger partial charge on any atom is -0.493 e. The monoisotopic (exact) mass is 379 g/mol. The Morgan fingerprint density at radius 1 is 1.07 bits per heavy atom. The lowest BCUT2D eigenvalue weighted by Crippen LogP contribution is -2.42. The SMILES string of the molecule is CCCCOc1ccc(NC(=O)[C@@](C)(CC)OCCC)cc1C(=O)OCC. The molecule has 0 bridgehead atoms. The molecule has 152 valence electrons. The summed E-state index contributed by atoms with van der Waals surface area (Å²) >= 11 is 0. The summed E-state index contributed by atoms with van der Waals surface area (Å²) in [7, 11) is 0. The van der Waals surface area contributed by atoms with Gasteiger partial charge in [-0.05, 0) is 51.3 Å². The molecule has 0 aliphatic heterocycles. The molecule has 0 radical (unpaired) electrons. The van der Waals surface area contributed by atoms with E-state index in [0.717, 1.165) is 19.3 Å². The zero-order valence-electron chi connectivity index (χ0n) is 17.2. The number of carbonyl (C=O) groups excluding carboxylic acids is 2. The van der Waals surface area contributed by atoms with Crippen LogP contribution in [0.3, 0.4) is 0 Å². The third kappa shape index (κ3) is 6.86. The van der Waals surface area contributed by atoms with Gasteiger partial charge in [-0.3, -0.25) is 4.79 Å². The first-order valence-electron chi connectivity index (χ1n) is 9.81. The van der Waals surface area contributed by atoms with E-state index in [1.807, 2.05) is 13.8 Å². The highest BCUT2D eigenvalue weighted by atomic mass is 16.5. The molecule has 6 nitrogen and oxygen atoms in total. The quantitative estimate of drug-likeness (QED) is 0.425. The fourth-order valence-corrected chi connectivity index (χ4v) is 2.35. The normalized spacial score (nSPS) is 12.9. The molecule has 0 saturated heterocycles. The smallest absolute Gasteiger partial charge is 0.341 e. The number of anilines is 1. The maximum atomic E-state index is 12.7. The van der Waals surface area contributed by atoms with Crippen LogP contribution in [0.4, 0.5) is 5.69 Å². The third-order valence-corrected chi connectivity index (χ3v) is 4.27. The summed E-state index contributed by atoms with van der Waals surface area (Å²) in [5, 5.41) is 2.85. The van der Waals surface area contributed by atoms with Gasteiger partial charge >= 0.3 is 5.97 Å². The summed E-state index contributed by atoms with van der Waals surface area (Å²) < 4.78 is 16.6. The Balaban J connectivity index is 3.02. The highest BCUT2D eigenvalue weighted by Gasteiger charge is 2.32. The van der Waals surface area contributed by atoms with Crippen LogP contribution >= 0.6 is 0 Å². The molecule has 27 heavy (non-hydrogen) atoms. The van der Waals surface area contributed by atoms with Crippen LogP contribution in [0.2, 0.25) is 0 Å². The summed E-state index contributed by atoms with van der Waals surface area (Å²) in [5.74, 6) is -0.256. The van der Waals surface area contributed by atoms with E-state index in [2.05, 4.69) is 12.2 Å². The van der Waals surface area contributed by atoms with E-state index in [4.69, 9.17) is 14.2 Å². The van der Waals surface area contributed by atoms with Gasteiger partial charge in [0.05, 0.1) is 13.2 Å². The van der Waals surface area contributed by atoms with Crippen LogP contribution in [0.15, 0.2) is 18.2 Å². The van der Waals surface area contributed by atoms with Crippen LogP contribution in [-0.2, 0) is 14.3 Å². The summed E-state index contributed by atoms with van der Waals surface area (Å²) in [5.41, 5.74) is -0.111. The fourth-order valence-electron chi connectivity index (χ4n) is 2.35. The highest BCUT2D eigenvalue weighted by molar-refractivity contribution is 5.99. The number of hydrogen-bond donors (Lipinski definition) is 1. The van der Waals surface area contributed by atoms with Crippen LogP contribution < -0.4 is 10.1 Å². The van der Waals surface area contributed by atoms with Gasteiger partial charge in [-0.2, -0.15) is 0 Å². The first-order chi connectivity index (χ1) is 12.9. The number of amides is 1. The minimum atomic E-state index is -0.920. The van der Waals surface area contributed by atoms with Gasteiger partial charge in [-0.25, -0.2) is 4.79 Å². The fraction of sp³-hybridized carbons (Fsp3) is 0.619. The molecule has 0 heterocycles. The Morgan fingerprint density at radius 3 is 2.41 bits per heavy atom. The Kier molecular flexibility index (Phi) is 9.86. The van der Waals surface area contributed by atoms with Crippen molar-refractivity contribution in [2.24, 2.45) is 0 Å². The van der Waals surface area contributed by atoms with Gasteiger partial charge in [0.2, 0.25) is 0 Å². The van der Waals surface area contributed by atoms with Crippen molar-refractivity contribution in [3.05, 3.63) is 23.8 Å². The Bertz CT molecular complexity index is 617. The molecule has 0 aliphatic carbocycles. The molecular weight excluding hydrogens is 346 g/mol. The molecule has 0 aromatic heterocycles. The van der Waals surface area contributed by atoms with E-state index in [1.54, 1.807) is 32.0 Å². The molecule has 6 heteroatoms. The van der Waals surface area contributed by atoms with Crippen molar-refractivity contribution < 1.29 is 23.8 Å². The number of carbonyl (C=O) groups is 2. The molecule has 1 rings (SSSR count). The van der Waals surface area contributed by atoms with Crippen molar-refractivity contribution in [1.29, 1.82) is 0 Å². The van der Waals surface area contributed by atoms with Gasteiger partial charge in [-0.15, -0.1) is 0 Å². The number of hydrogen-bond acceptors (Lipinski definition) is 5. The van der Waals surface area contributed by atoms with E-state index in [1.165, 1.54) is 0 Å². The molecule has 0 unspecified atom stereocenters. The molecule has 0 spiro atoms. The molecule has 1 aromatic carbocycles. The van der Waals surface area contributed by atoms with Gasteiger partial charge < -0.3 is 19.5 Å². The molecule has 1 aromatic rings. The van der Waals surface area contributed by atoms with Crippen LogP contribution in [0.1, 0.15) is 70.7 Å². The van der Waals surface area contributed by atoms with Gasteiger partial charge in [0.1, 0.15) is 16.9 Å². The number of rotatable bonds is 12. The van der Waals surface area contributed by atoms with Crippen molar-refractivity contribution in [1.82, 2.24) is 0 Å². The highest BCUT2D eigenvalue weighted by Crippen LogP contribution is 2.26. The number of nitrogens with one attached hydrogen (secondary N) is 1. The predicted molar refractivity (Wildman–Crippen MR) is 106 cm³/mol. The summed E-state index contributed by atoms with van der Waals surface area (Å²) in [6.45, 7) is 10.8. The average molecular weight is 379 g/mol. The van der Waals surface area contributed by atoms with Crippen molar-refractivity contribution in [2.75, 3.05) is 25.1 Å². The van der Waals surface area contributed by atoms with Gasteiger partial charge in [0.15, 0.2) is 0 Å². The number of ether oxygens (including phenoxy) is 3. The van der Waals surface area contributed by atoms with Gasteiger partial charge in [0, 0.05) is 12.3 Å². The lowest BCUT2D eigenvalue weighted by atomic mass is 10.0. The topological polar surface area (TPSA) is 73.9 Å². The molecule has 0 aliphatic rings. The predicted octanol–water partition coefficient (Wildman–Crippen LogP) is 4.58. The van der Waals surface area contributed by atoms with Crippen LogP contribution in [0.5, 0.6) is 5.75 Å². The van der Waals surface area contributed by atoms with Crippen molar-refractivity contribution in [2.45, 2.75) is 65.9 Å². The second-order valence-corrected chi connectivity index (χ2v) is 6.52. The standard InChI is InChI=1S/C21H33NO5/c1-6-10-14-26-18-12-11-16(15-17(18)19(23)25-9-4)22-20(24)21(5,8-3)27-13-7-2/h11-12,15H,6-10,13-14H2,1-5H3,(H,22,24)/t21-/m1/s1. The maximum absolute atomic E-state index is 12.7. The molecule has 1 N–H and O–H groups in total. The van der Waals surface area contributed by atoms with Crippen LogP contribution in [-0.4, -0.2) is 37.3 Å². The average Bonchev–Trinajstić information content (AvgIpc) is 2.67.